The molecule has 2 unspecified atom stereocenters. The highest BCUT2D eigenvalue weighted by atomic mass is 35.5. The lowest BCUT2D eigenvalue weighted by Crippen LogP contribution is -2.53. The Morgan fingerprint density at radius 2 is 1.97 bits per heavy atom. The van der Waals surface area contributed by atoms with Crippen molar-refractivity contribution in [3.05, 3.63) is 53.1 Å². The second-order valence-electron chi connectivity index (χ2n) is 9.44. The van der Waals surface area contributed by atoms with Crippen LogP contribution in [0.1, 0.15) is 55.7 Å². The number of rotatable bonds is 3. The van der Waals surface area contributed by atoms with Gasteiger partial charge in [-0.1, -0.05) is 17.7 Å². The summed E-state index contributed by atoms with van der Waals surface area (Å²) in [7, 11) is 2.27. The third-order valence-electron chi connectivity index (χ3n) is 7.51. The number of H-pyrrole nitrogens is 1. The molecule has 7 heteroatoms. The molecule has 2 N–H and O–H groups in total. The normalized spacial score (nSPS) is 25.9. The summed E-state index contributed by atoms with van der Waals surface area (Å²) in [5.74, 6) is 1.02. The van der Waals surface area contributed by atoms with Gasteiger partial charge in [0, 0.05) is 31.4 Å². The van der Waals surface area contributed by atoms with Crippen LogP contribution in [0.3, 0.4) is 0 Å². The molecule has 3 aliphatic rings. The summed E-state index contributed by atoms with van der Waals surface area (Å²) in [4.78, 5) is 18.4. The number of piperazine rings is 1. The largest absolute Gasteiger partial charge is 0.367 e. The summed E-state index contributed by atoms with van der Waals surface area (Å²) >= 11 is 6.43. The van der Waals surface area contributed by atoms with Crippen LogP contribution in [0.4, 0.5) is 5.69 Å². The third kappa shape index (κ3) is 3.41. The van der Waals surface area contributed by atoms with Crippen LogP contribution >= 0.6 is 11.6 Å². The monoisotopic (exact) mass is 436 g/mol. The number of halogens is 1. The van der Waals surface area contributed by atoms with E-state index in [0.29, 0.717) is 5.54 Å². The number of piperidine rings is 1. The number of nitrogens with zero attached hydrogens (tertiary/aromatic N) is 4. The lowest BCUT2D eigenvalue weighted by atomic mass is 9.95. The van der Waals surface area contributed by atoms with E-state index in [1.807, 2.05) is 18.3 Å². The molecule has 6 nitrogen and oxygen atoms in total. The van der Waals surface area contributed by atoms with Gasteiger partial charge in [-0.25, -0.2) is 4.98 Å². The van der Waals surface area contributed by atoms with E-state index >= 15 is 0 Å². The lowest BCUT2D eigenvalue weighted by Gasteiger charge is -2.41. The Hall–Kier alpha value is -2.15. The van der Waals surface area contributed by atoms with Crippen LogP contribution in [0, 0.1) is 0 Å². The van der Waals surface area contributed by atoms with Gasteiger partial charge in [0.05, 0.1) is 34.0 Å². The van der Waals surface area contributed by atoms with E-state index in [1.54, 1.807) is 0 Å². The van der Waals surface area contributed by atoms with Crippen molar-refractivity contribution in [2.75, 3.05) is 31.6 Å². The lowest BCUT2D eigenvalue weighted by molar-refractivity contribution is 0.199. The second kappa shape index (κ2) is 7.47. The van der Waals surface area contributed by atoms with Crippen LogP contribution in [-0.2, 0) is 0 Å². The molecule has 0 amide bonds. The molecule has 31 heavy (non-hydrogen) atoms. The molecule has 1 aromatic carbocycles. The molecule has 0 bridgehead atoms. The van der Waals surface area contributed by atoms with E-state index in [-0.39, 0.29) is 12.1 Å². The van der Waals surface area contributed by atoms with Gasteiger partial charge in [-0.15, -0.1) is 0 Å². The summed E-state index contributed by atoms with van der Waals surface area (Å²) < 4.78 is 0. The zero-order chi connectivity index (χ0) is 21.0. The maximum Gasteiger partial charge on any atom is 0.124 e. The number of para-hydroxylation sites is 1. The van der Waals surface area contributed by atoms with E-state index in [1.165, 1.54) is 18.5 Å². The summed E-state index contributed by atoms with van der Waals surface area (Å²) in [6, 6.07) is 10.7. The first-order valence-electron chi connectivity index (χ1n) is 11.4. The van der Waals surface area contributed by atoms with Gasteiger partial charge in [-0.2, -0.15) is 0 Å². The number of aromatic amines is 1. The van der Waals surface area contributed by atoms with Crippen LogP contribution < -0.4 is 10.2 Å². The molecule has 0 radical (unpaired) electrons. The number of likely N-dealkylation sites (N-methyl/N-ethyl adjacent to an activating group) is 1. The quantitative estimate of drug-likeness (QED) is 0.635. The van der Waals surface area contributed by atoms with Gasteiger partial charge in [0.2, 0.25) is 0 Å². The molecule has 6 rings (SSSR count). The number of hydrogen-bond donors (Lipinski definition) is 2. The number of hydrogen-bond acceptors (Lipinski definition) is 5. The molecule has 2 atom stereocenters. The van der Waals surface area contributed by atoms with Crippen molar-refractivity contribution >= 4 is 28.3 Å². The Bertz CT molecular complexity index is 1110. The number of fused-ring (bicyclic) bond motifs is 1. The van der Waals surface area contributed by atoms with Crippen molar-refractivity contribution in [3.63, 3.8) is 0 Å². The molecule has 1 saturated carbocycles. The maximum atomic E-state index is 6.43. The molecule has 1 spiro atoms. The molecule has 3 fully saturated rings. The van der Waals surface area contributed by atoms with Crippen molar-refractivity contribution in [2.45, 2.75) is 49.7 Å². The number of nitrogens with one attached hydrogen (secondary N) is 2. The smallest absolute Gasteiger partial charge is 0.124 e. The minimum absolute atomic E-state index is 0.160. The standard InChI is InChI=1S/C24H29ClN6/c1-30-13-14-31(15-24(30)10-11-24)20-9-3-7-18-22(20)29-23(28-18)19-8-2-6-17(27-19)21-16(25)5-4-12-26-21/h3-5,7,9,12,17,19,27H,2,6,8,10-11,13-15H2,1H3,(H,28,29). The second-order valence-corrected chi connectivity index (χ2v) is 9.84. The summed E-state index contributed by atoms with van der Waals surface area (Å²) in [6.07, 6.45) is 7.68. The van der Waals surface area contributed by atoms with Gasteiger partial charge in [0.25, 0.3) is 0 Å². The Morgan fingerprint density at radius 3 is 2.81 bits per heavy atom. The Labute approximate surface area is 188 Å². The number of aromatic nitrogens is 3. The van der Waals surface area contributed by atoms with Gasteiger partial charge < -0.3 is 9.88 Å². The molecule has 2 aromatic heterocycles. The average Bonchev–Trinajstić information content (AvgIpc) is 3.42. The fraction of sp³-hybridized carbons (Fsp3) is 0.500. The van der Waals surface area contributed by atoms with E-state index in [9.17, 15) is 0 Å². The average molecular weight is 437 g/mol. The van der Waals surface area contributed by atoms with Gasteiger partial charge in [0.1, 0.15) is 11.3 Å². The van der Waals surface area contributed by atoms with Crippen molar-refractivity contribution in [2.24, 2.45) is 0 Å². The summed E-state index contributed by atoms with van der Waals surface area (Å²) in [5, 5.41) is 4.49. The third-order valence-corrected chi connectivity index (χ3v) is 7.83. The fourth-order valence-corrected chi connectivity index (χ4v) is 5.68. The number of benzene rings is 1. The Balaban J connectivity index is 1.29. The first-order valence-corrected chi connectivity index (χ1v) is 11.8. The van der Waals surface area contributed by atoms with Crippen molar-refractivity contribution in [1.82, 2.24) is 25.2 Å². The van der Waals surface area contributed by atoms with Gasteiger partial charge in [0.15, 0.2) is 0 Å². The van der Waals surface area contributed by atoms with Crippen molar-refractivity contribution < 1.29 is 0 Å². The predicted molar refractivity (Wildman–Crippen MR) is 125 cm³/mol. The number of imidazole rings is 1. The summed E-state index contributed by atoms with van der Waals surface area (Å²) in [5.41, 5.74) is 4.81. The van der Waals surface area contributed by atoms with Crippen molar-refractivity contribution in [1.29, 1.82) is 0 Å². The highest BCUT2D eigenvalue weighted by Crippen LogP contribution is 2.45. The van der Waals surface area contributed by atoms with E-state index in [2.05, 4.69) is 50.3 Å². The van der Waals surface area contributed by atoms with Gasteiger partial charge in [-0.3, -0.25) is 15.2 Å². The van der Waals surface area contributed by atoms with E-state index in [0.717, 1.165) is 66.5 Å². The first-order chi connectivity index (χ1) is 15.1. The van der Waals surface area contributed by atoms with E-state index in [4.69, 9.17) is 16.6 Å². The van der Waals surface area contributed by atoms with Crippen LogP contribution in [0.2, 0.25) is 5.02 Å². The molecule has 2 aliphatic heterocycles. The fourth-order valence-electron chi connectivity index (χ4n) is 5.43. The van der Waals surface area contributed by atoms with Crippen LogP contribution in [0.5, 0.6) is 0 Å². The molecular weight excluding hydrogens is 408 g/mol. The SMILES string of the molecule is CN1CCN(c2cccc3[nH]c(C4CCCC(c5ncccc5Cl)N4)nc23)CC12CC2. The number of pyridine rings is 1. The molecule has 1 aliphatic carbocycles. The summed E-state index contributed by atoms with van der Waals surface area (Å²) in [6.45, 7) is 3.28. The highest BCUT2D eigenvalue weighted by Gasteiger charge is 2.49. The maximum absolute atomic E-state index is 6.43. The van der Waals surface area contributed by atoms with Crippen LogP contribution in [0.25, 0.3) is 11.0 Å². The van der Waals surface area contributed by atoms with Gasteiger partial charge >= 0.3 is 0 Å². The van der Waals surface area contributed by atoms with Gasteiger partial charge in [-0.05, 0) is 63.4 Å². The highest BCUT2D eigenvalue weighted by molar-refractivity contribution is 6.31. The molecular formula is C24H29ClN6. The van der Waals surface area contributed by atoms with E-state index < -0.39 is 0 Å². The topological polar surface area (TPSA) is 60.1 Å². The number of anilines is 1. The molecule has 4 heterocycles. The first kappa shape index (κ1) is 19.5. The van der Waals surface area contributed by atoms with Crippen molar-refractivity contribution in [3.8, 4) is 0 Å². The minimum Gasteiger partial charge on any atom is -0.367 e. The Kier molecular flexibility index (Phi) is 4.70. The zero-order valence-corrected chi connectivity index (χ0v) is 18.7. The molecule has 162 valence electrons. The van der Waals surface area contributed by atoms with Crippen LogP contribution in [0.15, 0.2) is 36.5 Å². The minimum atomic E-state index is 0.160. The molecule has 3 aromatic rings. The molecule has 2 saturated heterocycles. The predicted octanol–water partition coefficient (Wildman–Crippen LogP) is 4.45. The zero-order valence-electron chi connectivity index (χ0n) is 17.9. The van der Waals surface area contributed by atoms with Crippen LogP contribution in [-0.4, -0.2) is 52.1 Å². The Morgan fingerprint density at radius 1 is 1.10 bits per heavy atom.